The zero-order valence-electron chi connectivity index (χ0n) is 12.8. The lowest BCUT2D eigenvalue weighted by atomic mass is 10.2. The molecule has 0 N–H and O–H groups in total. The lowest BCUT2D eigenvalue weighted by molar-refractivity contribution is -0.385. The first-order valence-corrected chi connectivity index (χ1v) is 6.68. The van der Waals surface area contributed by atoms with Gasteiger partial charge in [-0.1, -0.05) is 0 Å². The van der Waals surface area contributed by atoms with Crippen LogP contribution in [0.4, 0.5) is 5.69 Å². The number of nitro groups is 1. The highest BCUT2D eigenvalue weighted by atomic mass is 16.6. The van der Waals surface area contributed by atoms with Crippen molar-refractivity contribution in [2.45, 2.75) is 0 Å². The molecule has 8 nitrogen and oxygen atoms in total. The molecule has 2 rings (SSSR count). The first-order valence-electron chi connectivity index (χ1n) is 6.68. The van der Waals surface area contributed by atoms with Crippen molar-refractivity contribution in [2.24, 2.45) is 0 Å². The highest BCUT2D eigenvalue weighted by Crippen LogP contribution is 2.37. The first kappa shape index (κ1) is 16.9. The Morgan fingerprint density at radius 1 is 1.08 bits per heavy atom. The summed E-state index contributed by atoms with van der Waals surface area (Å²) in [5.41, 5.74) is -0.0822. The van der Waals surface area contributed by atoms with Crippen LogP contribution >= 0.6 is 0 Å². The van der Waals surface area contributed by atoms with Gasteiger partial charge in [0.05, 0.1) is 24.7 Å². The fourth-order valence-electron chi connectivity index (χ4n) is 1.96. The SMILES string of the molecule is COC(=O)c1ccc(Oc2cc(C=O)ccc2OC)c([N+](=O)[O-])c1. The van der Waals surface area contributed by atoms with E-state index in [0.29, 0.717) is 17.6 Å². The topological polar surface area (TPSA) is 105 Å². The summed E-state index contributed by atoms with van der Waals surface area (Å²) in [6.45, 7) is 0. The fraction of sp³-hybridized carbons (Fsp3) is 0.125. The maximum atomic E-state index is 11.5. The summed E-state index contributed by atoms with van der Waals surface area (Å²) < 4.78 is 15.2. The largest absolute Gasteiger partial charge is 0.493 e. The number of esters is 1. The Morgan fingerprint density at radius 2 is 1.79 bits per heavy atom. The van der Waals surface area contributed by atoms with Gasteiger partial charge in [0.2, 0.25) is 5.75 Å². The molecule has 0 fully saturated rings. The van der Waals surface area contributed by atoms with Crippen molar-refractivity contribution < 1.29 is 28.7 Å². The average molecular weight is 331 g/mol. The molecule has 0 aliphatic heterocycles. The molecule has 0 aromatic heterocycles. The van der Waals surface area contributed by atoms with E-state index < -0.39 is 16.6 Å². The minimum absolute atomic E-state index is 0.0187. The zero-order chi connectivity index (χ0) is 17.7. The van der Waals surface area contributed by atoms with Crippen molar-refractivity contribution in [3.8, 4) is 17.2 Å². The Hall–Kier alpha value is -3.42. The number of carbonyl (C=O) groups is 2. The molecule has 8 heteroatoms. The standard InChI is InChI=1S/C16H13NO7/c1-22-14-5-3-10(9-18)7-15(14)24-13-6-4-11(16(19)23-2)8-12(13)17(20)21/h3-9H,1-2H3. The van der Waals surface area contributed by atoms with Gasteiger partial charge in [0, 0.05) is 11.6 Å². The Morgan fingerprint density at radius 3 is 2.38 bits per heavy atom. The third-order valence-corrected chi connectivity index (χ3v) is 3.12. The lowest BCUT2D eigenvalue weighted by Crippen LogP contribution is -2.03. The number of hydrogen-bond donors (Lipinski definition) is 0. The van der Waals surface area contributed by atoms with Gasteiger partial charge in [-0.15, -0.1) is 0 Å². The van der Waals surface area contributed by atoms with E-state index in [-0.39, 0.29) is 17.1 Å². The predicted molar refractivity (Wildman–Crippen MR) is 82.9 cm³/mol. The Balaban J connectivity index is 2.48. The molecule has 0 amide bonds. The van der Waals surface area contributed by atoms with E-state index in [1.165, 1.54) is 44.6 Å². The molecule has 2 aromatic carbocycles. The predicted octanol–water partition coefficient (Wildman–Crippen LogP) is 2.99. The summed E-state index contributed by atoms with van der Waals surface area (Å²) in [5, 5.41) is 11.2. The monoisotopic (exact) mass is 331 g/mol. The minimum Gasteiger partial charge on any atom is -0.493 e. The van der Waals surface area contributed by atoms with Crippen LogP contribution in [0.15, 0.2) is 36.4 Å². The number of ether oxygens (including phenoxy) is 3. The second-order valence-electron chi connectivity index (χ2n) is 4.56. The molecule has 0 heterocycles. The molecular formula is C16H13NO7. The molecule has 124 valence electrons. The van der Waals surface area contributed by atoms with E-state index in [1.54, 1.807) is 0 Å². The quantitative estimate of drug-likeness (QED) is 0.347. The summed E-state index contributed by atoms with van der Waals surface area (Å²) in [5.74, 6) is -0.373. The van der Waals surface area contributed by atoms with Crippen LogP contribution < -0.4 is 9.47 Å². The number of nitro benzene ring substituents is 1. The van der Waals surface area contributed by atoms with Gasteiger partial charge in [0.25, 0.3) is 0 Å². The number of methoxy groups -OCH3 is 2. The highest BCUT2D eigenvalue weighted by Gasteiger charge is 2.21. The summed E-state index contributed by atoms with van der Waals surface area (Å²) in [6.07, 6.45) is 0.612. The third-order valence-electron chi connectivity index (χ3n) is 3.12. The summed E-state index contributed by atoms with van der Waals surface area (Å²) in [4.78, 5) is 32.9. The lowest BCUT2D eigenvalue weighted by Gasteiger charge is -2.11. The van der Waals surface area contributed by atoms with E-state index >= 15 is 0 Å². The second kappa shape index (κ2) is 7.23. The van der Waals surface area contributed by atoms with E-state index in [0.717, 1.165) is 6.07 Å². The Labute approximate surface area is 136 Å². The minimum atomic E-state index is -0.704. The molecule has 0 saturated carbocycles. The summed E-state index contributed by atoms with van der Waals surface area (Å²) >= 11 is 0. The van der Waals surface area contributed by atoms with Crippen molar-refractivity contribution in [1.82, 2.24) is 0 Å². The maximum Gasteiger partial charge on any atom is 0.338 e. The van der Waals surface area contributed by atoms with Crippen LogP contribution in [0.2, 0.25) is 0 Å². The van der Waals surface area contributed by atoms with Gasteiger partial charge in [-0.25, -0.2) is 4.79 Å². The maximum absolute atomic E-state index is 11.5. The number of benzene rings is 2. The van der Waals surface area contributed by atoms with Crippen molar-refractivity contribution in [3.05, 3.63) is 57.6 Å². The smallest absolute Gasteiger partial charge is 0.338 e. The molecule has 0 spiro atoms. The molecular weight excluding hydrogens is 318 g/mol. The Kier molecular flexibility index (Phi) is 5.10. The molecule has 0 aliphatic rings. The van der Waals surface area contributed by atoms with Gasteiger partial charge in [-0.3, -0.25) is 14.9 Å². The molecule has 0 bridgehead atoms. The zero-order valence-corrected chi connectivity index (χ0v) is 12.8. The van der Waals surface area contributed by atoms with E-state index in [9.17, 15) is 19.7 Å². The summed E-state index contributed by atoms with van der Waals surface area (Å²) in [7, 11) is 2.58. The molecule has 24 heavy (non-hydrogen) atoms. The van der Waals surface area contributed by atoms with Gasteiger partial charge in [-0.05, 0) is 30.3 Å². The molecule has 0 unspecified atom stereocenters. The van der Waals surface area contributed by atoms with Crippen LogP contribution in [0, 0.1) is 10.1 Å². The van der Waals surface area contributed by atoms with Gasteiger partial charge >= 0.3 is 11.7 Å². The van der Waals surface area contributed by atoms with Crippen LogP contribution in [0.25, 0.3) is 0 Å². The van der Waals surface area contributed by atoms with E-state index in [4.69, 9.17) is 9.47 Å². The van der Waals surface area contributed by atoms with Crippen molar-refractivity contribution in [3.63, 3.8) is 0 Å². The van der Waals surface area contributed by atoms with Gasteiger partial charge in [0.1, 0.15) is 6.29 Å². The number of carbonyl (C=O) groups excluding carboxylic acids is 2. The van der Waals surface area contributed by atoms with Gasteiger partial charge in [-0.2, -0.15) is 0 Å². The van der Waals surface area contributed by atoms with Crippen LogP contribution in [-0.2, 0) is 4.74 Å². The van der Waals surface area contributed by atoms with Crippen molar-refractivity contribution in [2.75, 3.05) is 14.2 Å². The van der Waals surface area contributed by atoms with Crippen molar-refractivity contribution >= 4 is 17.9 Å². The first-order chi connectivity index (χ1) is 11.5. The molecule has 0 radical (unpaired) electrons. The molecule has 0 saturated heterocycles. The van der Waals surface area contributed by atoms with E-state index in [2.05, 4.69) is 4.74 Å². The normalized spacial score (nSPS) is 9.92. The van der Waals surface area contributed by atoms with Gasteiger partial charge in [0.15, 0.2) is 11.5 Å². The number of nitrogens with zero attached hydrogens (tertiary/aromatic N) is 1. The van der Waals surface area contributed by atoms with Crippen LogP contribution in [-0.4, -0.2) is 31.4 Å². The highest BCUT2D eigenvalue weighted by molar-refractivity contribution is 5.90. The third kappa shape index (κ3) is 3.49. The summed E-state index contributed by atoms with van der Waals surface area (Å²) in [6, 6.07) is 8.09. The second-order valence-corrected chi connectivity index (χ2v) is 4.56. The van der Waals surface area contributed by atoms with Crippen molar-refractivity contribution in [1.29, 1.82) is 0 Å². The molecule has 2 aromatic rings. The fourth-order valence-corrected chi connectivity index (χ4v) is 1.96. The Bertz CT molecular complexity index is 801. The van der Waals surface area contributed by atoms with Crippen LogP contribution in [0.1, 0.15) is 20.7 Å². The number of hydrogen-bond acceptors (Lipinski definition) is 7. The van der Waals surface area contributed by atoms with Gasteiger partial charge < -0.3 is 14.2 Å². The molecule has 0 atom stereocenters. The number of aldehydes is 1. The molecule has 0 aliphatic carbocycles. The van der Waals surface area contributed by atoms with Crippen LogP contribution in [0.3, 0.4) is 0 Å². The van der Waals surface area contributed by atoms with Crippen LogP contribution in [0.5, 0.6) is 17.2 Å². The van der Waals surface area contributed by atoms with E-state index in [1.807, 2.05) is 0 Å². The number of rotatable bonds is 6. The average Bonchev–Trinajstić information content (AvgIpc) is 2.61.